The van der Waals surface area contributed by atoms with Crippen LogP contribution in [0.1, 0.15) is 29.9 Å². The monoisotopic (exact) mass is 331 g/mol. The zero-order valence-electron chi connectivity index (χ0n) is 14.9. The zero-order valence-corrected chi connectivity index (χ0v) is 14.9. The average molecular weight is 331 g/mol. The van der Waals surface area contributed by atoms with Crippen LogP contribution in [0.3, 0.4) is 0 Å². The SMILES string of the molecule is CCOC(=O)c1c(C)nc2c(ncn2CC)c1N1CCN(C)CC1. The minimum atomic E-state index is -0.315. The highest BCUT2D eigenvalue weighted by molar-refractivity contribution is 6.04. The molecule has 1 aliphatic rings. The van der Waals surface area contributed by atoms with Crippen molar-refractivity contribution < 1.29 is 9.53 Å². The average Bonchev–Trinajstić information content (AvgIpc) is 2.97. The molecule has 0 radical (unpaired) electrons. The lowest BCUT2D eigenvalue weighted by atomic mass is 10.1. The molecule has 1 aliphatic heterocycles. The first-order valence-corrected chi connectivity index (χ1v) is 8.52. The van der Waals surface area contributed by atoms with E-state index in [9.17, 15) is 4.79 Å². The van der Waals surface area contributed by atoms with Gasteiger partial charge < -0.3 is 19.1 Å². The Bertz CT molecular complexity index is 747. The Hall–Kier alpha value is -2.15. The molecule has 2 aromatic heterocycles. The van der Waals surface area contributed by atoms with Gasteiger partial charge in [-0.25, -0.2) is 14.8 Å². The van der Waals surface area contributed by atoms with E-state index < -0.39 is 0 Å². The second-order valence-corrected chi connectivity index (χ2v) is 6.13. The highest BCUT2D eigenvalue weighted by Crippen LogP contribution is 2.32. The van der Waals surface area contributed by atoms with Crippen LogP contribution in [0.5, 0.6) is 0 Å². The van der Waals surface area contributed by atoms with E-state index in [4.69, 9.17) is 4.74 Å². The van der Waals surface area contributed by atoms with E-state index in [1.807, 2.05) is 18.4 Å². The van der Waals surface area contributed by atoms with Gasteiger partial charge in [0.25, 0.3) is 0 Å². The van der Waals surface area contributed by atoms with Crippen molar-refractivity contribution >= 4 is 22.8 Å². The summed E-state index contributed by atoms with van der Waals surface area (Å²) in [5, 5.41) is 0. The topological polar surface area (TPSA) is 63.5 Å². The van der Waals surface area contributed by atoms with Gasteiger partial charge in [0, 0.05) is 32.7 Å². The largest absolute Gasteiger partial charge is 0.462 e. The Morgan fingerprint density at radius 2 is 1.96 bits per heavy atom. The van der Waals surface area contributed by atoms with Crippen molar-refractivity contribution in [3.8, 4) is 0 Å². The minimum Gasteiger partial charge on any atom is -0.462 e. The molecule has 0 aromatic carbocycles. The number of piperazine rings is 1. The van der Waals surface area contributed by atoms with E-state index >= 15 is 0 Å². The number of fused-ring (bicyclic) bond motifs is 1. The number of aromatic nitrogens is 3. The molecular weight excluding hydrogens is 306 g/mol. The van der Waals surface area contributed by atoms with E-state index in [1.165, 1.54) is 0 Å². The second kappa shape index (κ2) is 6.76. The van der Waals surface area contributed by atoms with Gasteiger partial charge in [0.05, 0.1) is 24.3 Å². The number of carbonyl (C=O) groups excluding carboxylic acids is 1. The van der Waals surface area contributed by atoms with Crippen molar-refractivity contribution in [2.75, 3.05) is 44.7 Å². The van der Waals surface area contributed by atoms with Crippen molar-refractivity contribution in [1.29, 1.82) is 0 Å². The van der Waals surface area contributed by atoms with Gasteiger partial charge in [-0.05, 0) is 27.8 Å². The predicted octanol–water partition coefficient (Wildman–Crippen LogP) is 1.69. The lowest BCUT2D eigenvalue weighted by Gasteiger charge is -2.35. The van der Waals surface area contributed by atoms with Crippen LogP contribution in [0, 0.1) is 6.92 Å². The number of rotatable bonds is 4. The van der Waals surface area contributed by atoms with E-state index in [0.717, 1.165) is 49.6 Å². The van der Waals surface area contributed by atoms with Crippen LogP contribution in [-0.2, 0) is 11.3 Å². The first-order valence-electron chi connectivity index (χ1n) is 8.52. The van der Waals surface area contributed by atoms with Crippen molar-refractivity contribution in [3.05, 3.63) is 17.6 Å². The summed E-state index contributed by atoms with van der Waals surface area (Å²) in [4.78, 5) is 26.3. The first-order chi connectivity index (χ1) is 11.6. The predicted molar refractivity (Wildman–Crippen MR) is 93.6 cm³/mol. The third-order valence-corrected chi connectivity index (χ3v) is 4.55. The number of anilines is 1. The number of ether oxygens (including phenoxy) is 1. The minimum absolute atomic E-state index is 0.315. The lowest BCUT2D eigenvalue weighted by Crippen LogP contribution is -2.45. The van der Waals surface area contributed by atoms with Gasteiger partial charge in [0.2, 0.25) is 0 Å². The third-order valence-electron chi connectivity index (χ3n) is 4.55. The summed E-state index contributed by atoms with van der Waals surface area (Å²) in [7, 11) is 2.11. The normalized spacial score (nSPS) is 15.9. The lowest BCUT2D eigenvalue weighted by molar-refractivity contribution is 0.0525. The Balaban J connectivity index is 2.19. The van der Waals surface area contributed by atoms with Crippen molar-refractivity contribution in [1.82, 2.24) is 19.4 Å². The van der Waals surface area contributed by atoms with Gasteiger partial charge in [-0.2, -0.15) is 0 Å². The molecule has 7 nitrogen and oxygen atoms in total. The maximum absolute atomic E-state index is 12.6. The number of carbonyl (C=O) groups is 1. The molecule has 3 heterocycles. The highest BCUT2D eigenvalue weighted by atomic mass is 16.5. The number of nitrogens with zero attached hydrogens (tertiary/aromatic N) is 5. The molecule has 7 heteroatoms. The van der Waals surface area contributed by atoms with Gasteiger partial charge in [-0.3, -0.25) is 0 Å². The molecule has 0 atom stereocenters. The molecule has 0 unspecified atom stereocenters. The van der Waals surface area contributed by atoms with Crippen molar-refractivity contribution in [2.24, 2.45) is 0 Å². The van der Waals surface area contributed by atoms with Crippen molar-refractivity contribution in [2.45, 2.75) is 27.3 Å². The van der Waals surface area contributed by atoms with Crippen LogP contribution in [0.25, 0.3) is 11.2 Å². The zero-order chi connectivity index (χ0) is 17.3. The van der Waals surface area contributed by atoms with Gasteiger partial charge in [-0.15, -0.1) is 0 Å². The molecule has 0 bridgehead atoms. The van der Waals surface area contributed by atoms with Crippen LogP contribution in [0.15, 0.2) is 6.33 Å². The number of imidazole rings is 1. The molecule has 24 heavy (non-hydrogen) atoms. The molecule has 0 N–H and O–H groups in total. The number of likely N-dealkylation sites (N-methyl/N-ethyl adjacent to an activating group) is 1. The summed E-state index contributed by atoms with van der Waals surface area (Å²) < 4.78 is 7.30. The molecular formula is C17H25N5O2. The molecule has 0 aliphatic carbocycles. The first kappa shape index (κ1) is 16.7. The summed E-state index contributed by atoms with van der Waals surface area (Å²) in [6.45, 7) is 10.5. The summed E-state index contributed by atoms with van der Waals surface area (Å²) in [6, 6.07) is 0. The molecule has 130 valence electrons. The van der Waals surface area contributed by atoms with Gasteiger partial charge >= 0.3 is 5.97 Å². The van der Waals surface area contributed by atoms with E-state index in [0.29, 0.717) is 17.9 Å². The summed E-state index contributed by atoms with van der Waals surface area (Å²) in [6.07, 6.45) is 1.80. The molecule has 3 rings (SSSR count). The van der Waals surface area contributed by atoms with Crippen LogP contribution in [0.2, 0.25) is 0 Å². The molecule has 1 saturated heterocycles. The molecule has 0 saturated carbocycles. The fraction of sp³-hybridized carbons (Fsp3) is 0.588. The molecule has 0 spiro atoms. The van der Waals surface area contributed by atoms with Crippen LogP contribution >= 0.6 is 0 Å². The second-order valence-electron chi connectivity index (χ2n) is 6.13. The fourth-order valence-corrected chi connectivity index (χ4v) is 3.18. The van der Waals surface area contributed by atoms with Gasteiger partial charge in [0.1, 0.15) is 11.1 Å². The summed E-state index contributed by atoms with van der Waals surface area (Å²) in [5.74, 6) is -0.315. The maximum atomic E-state index is 12.6. The Morgan fingerprint density at radius 3 is 2.58 bits per heavy atom. The number of hydrogen-bond acceptors (Lipinski definition) is 6. The number of hydrogen-bond donors (Lipinski definition) is 0. The number of esters is 1. The van der Waals surface area contributed by atoms with Crippen LogP contribution in [0.4, 0.5) is 5.69 Å². The molecule has 0 amide bonds. The smallest absolute Gasteiger partial charge is 0.342 e. The molecule has 1 fully saturated rings. The number of aryl methyl sites for hydroxylation is 2. The molecule has 2 aromatic rings. The van der Waals surface area contributed by atoms with Gasteiger partial charge in [0.15, 0.2) is 5.65 Å². The third kappa shape index (κ3) is 2.84. The van der Waals surface area contributed by atoms with Gasteiger partial charge in [-0.1, -0.05) is 0 Å². The van der Waals surface area contributed by atoms with E-state index in [2.05, 4.69) is 33.7 Å². The van der Waals surface area contributed by atoms with E-state index in [-0.39, 0.29) is 5.97 Å². The van der Waals surface area contributed by atoms with Crippen LogP contribution < -0.4 is 4.90 Å². The van der Waals surface area contributed by atoms with Crippen molar-refractivity contribution in [3.63, 3.8) is 0 Å². The van der Waals surface area contributed by atoms with E-state index in [1.54, 1.807) is 6.33 Å². The Kier molecular flexibility index (Phi) is 4.71. The Labute approximate surface area is 142 Å². The maximum Gasteiger partial charge on any atom is 0.342 e. The quantitative estimate of drug-likeness (QED) is 0.795. The highest BCUT2D eigenvalue weighted by Gasteiger charge is 2.28. The van der Waals surface area contributed by atoms with Crippen LogP contribution in [-0.4, -0.2) is 65.2 Å². The Morgan fingerprint density at radius 1 is 1.25 bits per heavy atom. The standard InChI is InChI=1S/C17H25N5O2/c1-5-21-11-18-14-15(22-9-7-20(4)8-10-22)13(17(23)24-6-2)12(3)19-16(14)21/h11H,5-10H2,1-4H3. The fourth-order valence-electron chi connectivity index (χ4n) is 3.18. The summed E-state index contributed by atoms with van der Waals surface area (Å²) >= 11 is 0. The summed E-state index contributed by atoms with van der Waals surface area (Å²) in [5.41, 5.74) is 3.74. The number of pyridine rings is 1.